The molecular weight excluding hydrogens is 254 g/mol. The lowest BCUT2D eigenvalue weighted by Gasteiger charge is -1.99. The van der Waals surface area contributed by atoms with Gasteiger partial charge in [0.1, 0.15) is 11.6 Å². The Balaban J connectivity index is 2.05. The van der Waals surface area contributed by atoms with E-state index in [0.29, 0.717) is 17.0 Å². The van der Waals surface area contributed by atoms with Crippen LogP contribution in [0.2, 0.25) is 5.02 Å². The number of halogens is 3. The summed E-state index contributed by atoms with van der Waals surface area (Å²) in [6.07, 6.45) is 4.13. The van der Waals surface area contributed by atoms with Crippen molar-refractivity contribution >= 4 is 17.7 Å². The average molecular weight is 265 g/mol. The van der Waals surface area contributed by atoms with Gasteiger partial charge in [-0.3, -0.25) is 0 Å². The van der Waals surface area contributed by atoms with E-state index in [2.05, 4.69) is 0 Å². The Labute approximate surface area is 110 Å². The van der Waals surface area contributed by atoms with Crippen LogP contribution in [0.3, 0.4) is 0 Å². The minimum atomic E-state index is -0.557. The number of hydrogen-bond acceptors (Lipinski definition) is 0. The first-order chi connectivity index (χ1) is 8.65. The van der Waals surface area contributed by atoms with Crippen molar-refractivity contribution in [1.82, 2.24) is 0 Å². The molecule has 0 nitrogen and oxygen atoms in total. The predicted molar refractivity (Wildman–Crippen MR) is 70.5 cm³/mol. The molecular formula is C15H11ClF2. The highest BCUT2D eigenvalue weighted by molar-refractivity contribution is 6.30. The van der Waals surface area contributed by atoms with Crippen molar-refractivity contribution in [1.29, 1.82) is 0 Å². The molecule has 0 N–H and O–H groups in total. The fourth-order valence-corrected chi connectivity index (χ4v) is 1.71. The molecule has 0 saturated heterocycles. The third-order valence-electron chi connectivity index (χ3n) is 2.53. The summed E-state index contributed by atoms with van der Waals surface area (Å²) in [5.41, 5.74) is 1.46. The summed E-state index contributed by atoms with van der Waals surface area (Å²) in [7, 11) is 0. The van der Waals surface area contributed by atoms with Gasteiger partial charge in [-0.1, -0.05) is 42.0 Å². The van der Waals surface area contributed by atoms with E-state index in [1.807, 2.05) is 24.3 Å². The fourth-order valence-electron chi connectivity index (χ4n) is 1.58. The van der Waals surface area contributed by atoms with Crippen LogP contribution in [0.4, 0.5) is 8.78 Å². The molecule has 0 saturated carbocycles. The third kappa shape index (κ3) is 3.41. The van der Waals surface area contributed by atoms with E-state index in [9.17, 15) is 8.78 Å². The molecule has 0 amide bonds. The van der Waals surface area contributed by atoms with Crippen molar-refractivity contribution in [2.24, 2.45) is 0 Å². The van der Waals surface area contributed by atoms with E-state index in [0.717, 1.165) is 11.6 Å². The van der Waals surface area contributed by atoms with Crippen molar-refractivity contribution in [3.05, 3.63) is 76.3 Å². The van der Waals surface area contributed by atoms with Gasteiger partial charge in [-0.2, -0.15) is 0 Å². The molecule has 0 heterocycles. The van der Waals surface area contributed by atoms with Crippen LogP contribution in [0.1, 0.15) is 11.1 Å². The van der Waals surface area contributed by atoms with Crippen LogP contribution in [0.5, 0.6) is 0 Å². The Morgan fingerprint density at radius 3 is 2.39 bits per heavy atom. The van der Waals surface area contributed by atoms with Gasteiger partial charge in [-0.25, -0.2) is 8.78 Å². The minimum absolute atomic E-state index is 0.425. The molecule has 0 aliphatic carbocycles. The molecule has 0 radical (unpaired) electrons. The topological polar surface area (TPSA) is 0 Å². The van der Waals surface area contributed by atoms with Crippen LogP contribution in [0, 0.1) is 11.6 Å². The standard InChI is InChI=1S/C15H11ClF2/c16-13-7-4-11(5-8-13)2-1-3-12-6-9-14(17)10-15(12)18/h1-2,4-10H,3H2/b2-1+. The maximum absolute atomic E-state index is 13.3. The third-order valence-corrected chi connectivity index (χ3v) is 2.79. The Morgan fingerprint density at radius 2 is 1.72 bits per heavy atom. The first-order valence-electron chi connectivity index (χ1n) is 5.51. The largest absolute Gasteiger partial charge is 0.207 e. The predicted octanol–water partition coefficient (Wildman–Crippen LogP) is 4.87. The van der Waals surface area contributed by atoms with Crippen LogP contribution in [-0.2, 0) is 6.42 Å². The quantitative estimate of drug-likeness (QED) is 0.742. The van der Waals surface area contributed by atoms with Gasteiger partial charge in [-0.15, -0.1) is 0 Å². The van der Waals surface area contributed by atoms with E-state index in [4.69, 9.17) is 11.6 Å². The number of hydrogen-bond donors (Lipinski definition) is 0. The second-order valence-electron chi connectivity index (χ2n) is 3.89. The van der Waals surface area contributed by atoms with E-state index in [1.54, 1.807) is 12.1 Å². The molecule has 92 valence electrons. The van der Waals surface area contributed by atoms with Gasteiger partial charge in [-0.05, 0) is 35.7 Å². The van der Waals surface area contributed by atoms with Gasteiger partial charge in [0.2, 0.25) is 0 Å². The molecule has 0 aliphatic rings. The Hall–Kier alpha value is -1.67. The summed E-state index contributed by atoms with van der Waals surface area (Å²) >= 11 is 5.77. The van der Waals surface area contributed by atoms with E-state index < -0.39 is 11.6 Å². The van der Waals surface area contributed by atoms with Crippen molar-refractivity contribution < 1.29 is 8.78 Å². The normalized spacial score (nSPS) is 11.1. The fraction of sp³-hybridized carbons (Fsp3) is 0.0667. The smallest absolute Gasteiger partial charge is 0.129 e. The molecule has 3 heteroatoms. The van der Waals surface area contributed by atoms with Crippen LogP contribution in [-0.4, -0.2) is 0 Å². The monoisotopic (exact) mass is 264 g/mol. The van der Waals surface area contributed by atoms with Crippen molar-refractivity contribution in [2.75, 3.05) is 0 Å². The molecule has 18 heavy (non-hydrogen) atoms. The molecule has 0 spiro atoms. The van der Waals surface area contributed by atoms with Crippen LogP contribution < -0.4 is 0 Å². The lowest BCUT2D eigenvalue weighted by molar-refractivity contribution is 0.575. The molecule has 2 rings (SSSR count). The summed E-state index contributed by atoms with van der Waals surface area (Å²) < 4.78 is 26.0. The summed E-state index contributed by atoms with van der Waals surface area (Å²) in [5, 5.41) is 0.678. The van der Waals surface area contributed by atoms with Crippen LogP contribution in [0.15, 0.2) is 48.5 Å². The zero-order chi connectivity index (χ0) is 13.0. The number of rotatable bonds is 3. The first-order valence-corrected chi connectivity index (χ1v) is 5.89. The molecule has 2 aromatic rings. The second-order valence-corrected chi connectivity index (χ2v) is 4.33. The van der Waals surface area contributed by atoms with Gasteiger partial charge >= 0.3 is 0 Å². The zero-order valence-electron chi connectivity index (χ0n) is 9.54. The number of allylic oxidation sites excluding steroid dienone is 1. The zero-order valence-corrected chi connectivity index (χ0v) is 10.3. The highest BCUT2D eigenvalue weighted by Crippen LogP contribution is 2.13. The summed E-state index contributed by atoms with van der Waals surface area (Å²) in [5.74, 6) is -1.08. The van der Waals surface area contributed by atoms with E-state index in [1.165, 1.54) is 12.1 Å². The van der Waals surface area contributed by atoms with Crippen molar-refractivity contribution in [3.63, 3.8) is 0 Å². The van der Waals surface area contributed by atoms with E-state index >= 15 is 0 Å². The molecule has 0 atom stereocenters. The lowest BCUT2D eigenvalue weighted by Crippen LogP contribution is -1.89. The molecule has 0 fully saturated rings. The molecule has 0 aliphatic heterocycles. The molecule has 2 aromatic carbocycles. The van der Waals surface area contributed by atoms with Crippen LogP contribution >= 0.6 is 11.6 Å². The van der Waals surface area contributed by atoms with Crippen molar-refractivity contribution in [3.8, 4) is 0 Å². The number of benzene rings is 2. The maximum Gasteiger partial charge on any atom is 0.129 e. The van der Waals surface area contributed by atoms with Gasteiger partial charge in [0.15, 0.2) is 0 Å². The molecule has 0 unspecified atom stereocenters. The summed E-state index contributed by atoms with van der Waals surface area (Å²) in [6.45, 7) is 0. The Kier molecular flexibility index (Phi) is 4.11. The second kappa shape index (κ2) is 5.78. The van der Waals surface area contributed by atoms with Gasteiger partial charge < -0.3 is 0 Å². The van der Waals surface area contributed by atoms with Crippen LogP contribution in [0.25, 0.3) is 6.08 Å². The van der Waals surface area contributed by atoms with Gasteiger partial charge in [0.05, 0.1) is 0 Å². The SMILES string of the molecule is Fc1ccc(C/C=C/c2ccc(Cl)cc2)c(F)c1. The summed E-state index contributed by atoms with van der Waals surface area (Å²) in [6, 6.07) is 10.9. The summed E-state index contributed by atoms with van der Waals surface area (Å²) in [4.78, 5) is 0. The van der Waals surface area contributed by atoms with Gasteiger partial charge in [0.25, 0.3) is 0 Å². The Bertz CT molecular complexity index is 559. The first kappa shape index (κ1) is 12.8. The lowest BCUT2D eigenvalue weighted by atomic mass is 10.1. The highest BCUT2D eigenvalue weighted by atomic mass is 35.5. The molecule has 0 aromatic heterocycles. The maximum atomic E-state index is 13.3. The average Bonchev–Trinajstić information content (AvgIpc) is 2.34. The Morgan fingerprint density at radius 1 is 1.00 bits per heavy atom. The molecule has 0 bridgehead atoms. The van der Waals surface area contributed by atoms with Crippen molar-refractivity contribution in [2.45, 2.75) is 6.42 Å². The minimum Gasteiger partial charge on any atom is -0.207 e. The van der Waals surface area contributed by atoms with E-state index in [-0.39, 0.29) is 0 Å². The van der Waals surface area contributed by atoms with Gasteiger partial charge in [0, 0.05) is 11.1 Å². The highest BCUT2D eigenvalue weighted by Gasteiger charge is 2.01.